The van der Waals surface area contributed by atoms with Gasteiger partial charge in [0.25, 0.3) is 0 Å². The molecule has 1 aromatic heterocycles. The number of rotatable bonds is 13. The molecule has 1 aliphatic rings. The first kappa shape index (κ1) is 26.1. The van der Waals surface area contributed by atoms with E-state index in [4.69, 9.17) is 20.8 Å². The second-order valence-corrected chi connectivity index (χ2v) is 9.23. The first-order chi connectivity index (χ1) is 16.6. The van der Waals surface area contributed by atoms with Crippen LogP contribution in [0.3, 0.4) is 0 Å². The highest BCUT2D eigenvalue weighted by molar-refractivity contribution is 6.27. The highest BCUT2D eigenvalue weighted by Crippen LogP contribution is 2.28. The largest absolute Gasteiger partial charge is 0.494 e. The van der Waals surface area contributed by atoms with Crippen LogP contribution in [0.25, 0.3) is 0 Å². The highest BCUT2D eigenvalue weighted by atomic mass is 35.5. The van der Waals surface area contributed by atoms with Gasteiger partial charge in [0.05, 0.1) is 19.4 Å². The first-order valence-electron chi connectivity index (χ1n) is 12.5. The van der Waals surface area contributed by atoms with E-state index in [1.807, 2.05) is 24.3 Å². The molecular formula is C27H37ClN2O4. The Bertz CT molecular complexity index is 863. The maximum absolute atomic E-state index is 13.5. The second-order valence-electron chi connectivity index (χ2n) is 8.96. The van der Waals surface area contributed by atoms with E-state index in [9.17, 15) is 9.59 Å². The van der Waals surface area contributed by atoms with E-state index in [-0.39, 0.29) is 30.3 Å². The zero-order chi connectivity index (χ0) is 24.2. The summed E-state index contributed by atoms with van der Waals surface area (Å²) in [5.41, 5.74) is 0.719. The van der Waals surface area contributed by atoms with E-state index in [1.54, 1.807) is 18.4 Å². The van der Waals surface area contributed by atoms with Crippen molar-refractivity contribution in [3.8, 4) is 5.75 Å². The molecule has 3 rings (SSSR count). The van der Waals surface area contributed by atoms with Crippen LogP contribution in [-0.4, -0.2) is 35.2 Å². The molecule has 0 radical (unpaired) electrons. The zero-order valence-corrected chi connectivity index (χ0v) is 20.9. The maximum atomic E-state index is 13.5. The van der Waals surface area contributed by atoms with E-state index in [0.717, 1.165) is 49.8 Å². The molecule has 2 aromatic rings. The van der Waals surface area contributed by atoms with Gasteiger partial charge in [-0.25, -0.2) is 0 Å². The molecule has 1 aromatic carbocycles. The molecule has 0 saturated heterocycles. The summed E-state index contributed by atoms with van der Waals surface area (Å²) in [7, 11) is 0. The predicted octanol–water partition coefficient (Wildman–Crippen LogP) is 6.00. The fourth-order valence-corrected chi connectivity index (χ4v) is 4.59. The Morgan fingerprint density at radius 2 is 1.88 bits per heavy atom. The lowest BCUT2D eigenvalue weighted by molar-refractivity contribution is -0.140. The van der Waals surface area contributed by atoms with Crippen molar-refractivity contribution in [2.24, 2.45) is 0 Å². The van der Waals surface area contributed by atoms with Gasteiger partial charge in [-0.3, -0.25) is 9.59 Å². The van der Waals surface area contributed by atoms with E-state index in [2.05, 4.69) is 12.2 Å². The average molecular weight is 489 g/mol. The lowest BCUT2D eigenvalue weighted by Crippen LogP contribution is -2.47. The zero-order valence-electron chi connectivity index (χ0n) is 20.1. The van der Waals surface area contributed by atoms with Crippen molar-refractivity contribution in [2.75, 3.05) is 12.5 Å². The third-order valence-electron chi connectivity index (χ3n) is 6.31. The summed E-state index contributed by atoms with van der Waals surface area (Å²) in [5, 5.41) is 3.19. The Labute approximate surface area is 208 Å². The smallest absolute Gasteiger partial charge is 0.247 e. The average Bonchev–Trinajstić information content (AvgIpc) is 3.38. The molecule has 0 spiro atoms. The number of hydrogen-bond acceptors (Lipinski definition) is 4. The monoisotopic (exact) mass is 488 g/mol. The number of amides is 2. The van der Waals surface area contributed by atoms with E-state index in [1.165, 1.54) is 24.2 Å². The number of halogens is 1. The topological polar surface area (TPSA) is 71.8 Å². The Kier molecular flexibility index (Phi) is 10.8. The van der Waals surface area contributed by atoms with Crippen molar-refractivity contribution in [3.05, 3.63) is 54.0 Å². The minimum atomic E-state index is -0.808. The minimum absolute atomic E-state index is 0.131. The summed E-state index contributed by atoms with van der Waals surface area (Å²) >= 11 is 5.96. The fourth-order valence-electron chi connectivity index (χ4n) is 4.44. The number of furan rings is 1. The van der Waals surface area contributed by atoms with Crippen LogP contribution in [0.4, 0.5) is 0 Å². The Hall–Kier alpha value is -2.47. The van der Waals surface area contributed by atoms with Gasteiger partial charge in [-0.2, -0.15) is 0 Å². The van der Waals surface area contributed by atoms with Crippen LogP contribution in [0.15, 0.2) is 47.1 Å². The predicted molar refractivity (Wildman–Crippen MR) is 134 cm³/mol. The van der Waals surface area contributed by atoms with Gasteiger partial charge in [-0.15, -0.1) is 11.6 Å². The summed E-state index contributed by atoms with van der Waals surface area (Å²) in [4.78, 5) is 27.9. The number of ether oxygens (including phenoxy) is 1. The van der Waals surface area contributed by atoms with Gasteiger partial charge in [0.1, 0.15) is 23.4 Å². The molecule has 1 N–H and O–H groups in total. The molecule has 0 bridgehead atoms. The number of nitrogens with zero attached hydrogens (tertiary/aromatic N) is 1. The second kappa shape index (κ2) is 14.1. The fraction of sp³-hybridized carbons (Fsp3) is 0.556. The van der Waals surface area contributed by atoms with Gasteiger partial charge in [0.2, 0.25) is 11.8 Å². The summed E-state index contributed by atoms with van der Waals surface area (Å²) in [6.45, 7) is 3.02. The van der Waals surface area contributed by atoms with Crippen LogP contribution in [0, 0.1) is 0 Å². The molecule has 1 heterocycles. The Morgan fingerprint density at radius 3 is 2.53 bits per heavy atom. The van der Waals surface area contributed by atoms with Gasteiger partial charge >= 0.3 is 0 Å². The SMILES string of the molecule is CCCCCCOc1ccc([C@H](C(=O)NC2CCCCC2)N(Cc2ccco2)C(=O)CCl)cc1. The van der Waals surface area contributed by atoms with Crippen molar-refractivity contribution >= 4 is 23.4 Å². The molecule has 7 heteroatoms. The molecule has 1 atom stereocenters. The van der Waals surface area contributed by atoms with Crippen LogP contribution in [0.1, 0.15) is 82.1 Å². The number of carbonyl (C=O) groups is 2. The Morgan fingerprint density at radius 1 is 1.12 bits per heavy atom. The van der Waals surface area contributed by atoms with Crippen LogP contribution < -0.4 is 10.1 Å². The van der Waals surface area contributed by atoms with E-state index in [0.29, 0.717) is 12.4 Å². The van der Waals surface area contributed by atoms with E-state index < -0.39 is 6.04 Å². The molecule has 0 aliphatic heterocycles. The van der Waals surface area contributed by atoms with Gasteiger partial charge in [0.15, 0.2) is 0 Å². The lowest BCUT2D eigenvalue weighted by Gasteiger charge is -2.32. The normalized spacial score (nSPS) is 15.0. The number of unbranched alkanes of at least 4 members (excludes halogenated alkanes) is 3. The lowest BCUT2D eigenvalue weighted by atomic mass is 9.94. The third kappa shape index (κ3) is 7.79. The number of carbonyl (C=O) groups excluding carboxylic acids is 2. The quantitative estimate of drug-likeness (QED) is 0.277. The third-order valence-corrected chi connectivity index (χ3v) is 6.54. The Balaban J connectivity index is 1.79. The van der Waals surface area contributed by atoms with Crippen molar-refractivity contribution in [1.29, 1.82) is 0 Å². The number of alkyl halides is 1. The van der Waals surface area contributed by atoms with Crippen LogP contribution >= 0.6 is 11.6 Å². The van der Waals surface area contributed by atoms with Crippen LogP contribution in [0.5, 0.6) is 5.75 Å². The van der Waals surface area contributed by atoms with E-state index >= 15 is 0 Å². The molecule has 0 unspecified atom stereocenters. The summed E-state index contributed by atoms with van der Waals surface area (Å²) in [5.74, 6) is 0.629. The minimum Gasteiger partial charge on any atom is -0.494 e. The summed E-state index contributed by atoms with van der Waals surface area (Å²) in [6.07, 6.45) is 11.5. The molecule has 34 heavy (non-hydrogen) atoms. The highest BCUT2D eigenvalue weighted by Gasteiger charge is 2.33. The molecule has 1 fully saturated rings. The molecule has 1 aliphatic carbocycles. The van der Waals surface area contributed by atoms with Gasteiger partial charge in [0, 0.05) is 6.04 Å². The molecule has 6 nitrogen and oxygen atoms in total. The first-order valence-corrected chi connectivity index (χ1v) is 13.1. The summed E-state index contributed by atoms with van der Waals surface area (Å²) in [6, 6.07) is 10.3. The molecular weight excluding hydrogens is 452 g/mol. The van der Waals surface area contributed by atoms with Crippen LogP contribution in [0.2, 0.25) is 0 Å². The molecule has 2 amide bonds. The molecule has 1 saturated carbocycles. The number of nitrogens with one attached hydrogen (secondary N) is 1. The van der Waals surface area contributed by atoms with Crippen molar-refractivity contribution < 1.29 is 18.7 Å². The number of benzene rings is 1. The van der Waals surface area contributed by atoms with Crippen molar-refractivity contribution in [3.63, 3.8) is 0 Å². The van der Waals surface area contributed by atoms with Gasteiger partial charge in [-0.05, 0) is 49.1 Å². The van der Waals surface area contributed by atoms with Gasteiger partial charge in [-0.1, -0.05) is 57.6 Å². The van der Waals surface area contributed by atoms with Gasteiger partial charge < -0.3 is 19.4 Å². The maximum Gasteiger partial charge on any atom is 0.247 e. The number of hydrogen-bond donors (Lipinski definition) is 1. The van der Waals surface area contributed by atoms with Crippen molar-refractivity contribution in [1.82, 2.24) is 10.2 Å². The summed E-state index contributed by atoms with van der Waals surface area (Å²) < 4.78 is 11.3. The van der Waals surface area contributed by atoms with Crippen LogP contribution in [-0.2, 0) is 16.1 Å². The standard InChI is InChI=1S/C27H37ClN2O4/c1-2-3-4-8-17-33-23-15-13-21(14-16-23)26(27(32)29-22-10-6-5-7-11-22)30(25(31)19-28)20-24-12-9-18-34-24/h9,12-16,18,22,26H,2-8,10-11,17,19-20H2,1H3,(H,29,32)/t26-/m1/s1. The molecule has 186 valence electrons. The van der Waals surface area contributed by atoms with Crippen molar-refractivity contribution in [2.45, 2.75) is 83.3 Å².